The van der Waals surface area contributed by atoms with Crippen molar-refractivity contribution >= 4 is 19.8 Å². The van der Waals surface area contributed by atoms with E-state index in [9.17, 15) is 0 Å². The second-order valence-corrected chi connectivity index (χ2v) is 12.5. The Morgan fingerprint density at radius 3 is 2.68 bits per heavy atom. The summed E-state index contributed by atoms with van der Waals surface area (Å²) in [5.41, 5.74) is 1.59. The molecule has 2 aliphatic rings. The van der Waals surface area contributed by atoms with Crippen molar-refractivity contribution < 1.29 is 0 Å². The molecule has 0 heterocycles. The van der Waals surface area contributed by atoms with E-state index in [0.717, 1.165) is 6.42 Å². The smallest absolute Gasteiger partial charge is 0.103 e. The van der Waals surface area contributed by atoms with Gasteiger partial charge in [0.2, 0.25) is 0 Å². The quantitative estimate of drug-likeness (QED) is 0.607. The van der Waals surface area contributed by atoms with E-state index in [2.05, 4.69) is 75.2 Å². The predicted octanol–water partition coefficient (Wildman–Crippen LogP) is 5.45. The van der Waals surface area contributed by atoms with Crippen LogP contribution in [0.4, 0.5) is 0 Å². The number of hydrogen-bond acceptors (Lipinski definition) is 1. The normalized spacial score (nSPS) is 26.5. The van der Waals surface area contributed by atoms with Gasteiger partial charge >= 0.3 is 0 Å². The van der Waals surface area contributed by atoms with Gasteiger partial charge in [-0.3, -0.25) is 0 Å². The van der Waals surface area contributed by atoms with Crippen molar-refractivity contribution in [3.63, 3.8) is 0 Å². The molecule has 2 heteroatoms. The van der Waals surface area contributed by atoms with Crippen molar-refractivity contribution in [3.8, 4) is 0 Å². The maximum atomic E-state index is 2.56. The summed E-state index contributed by atoms with van der Waals surface area (Å²) in [5.74, 6) is 1.27. The predicted molar refractivity (Wildman–Crippen MR) is 92.3 cm³/mol. The lowest BCUT2D eigenvalue weighted by Crippen LogP contribution is -2.54. The van der Waals surface area contributed by atoms with Crippen LogP contribution in [0.3, 0.4) is 0 Å². The van der Waals surface area contributed by atoms with Gasteiger partial charge in [0.25, 0.3) is 0 Å². The van der Waals surface area contributed by atoms with Crippen LogP contribution in [0.15, 0.2) is 47.2 Å². The zero-order valence-electron chi connectivity index (χ0n) is 12.7. The van der Waals surface area contributed by atoms with Gasteiger partial charge in [-0.15, -0.1) is 0 Å². The van der Waals surface area contributed by atoms with Gasteiger partial charge in [0.1, 0.15) is 8.07 Å². The molecule has 104 valence electrons. The van der Waals surface area contributed by atoms with E-state index in [1.807, 2.05) is 0 Å². The average Bonchev–Trinajstić information content (AvgIpc) is 2.92. The van der Waals surface area contributed by atoms with Crippen LogP contribution in [0.5, 0.6) is 0 Å². The molecule has 2 rings (SSSR count). The summed E-state index contributed by atoms with van der Waals surface area (Å²) >= 11 is 2.21. The summed E-state index contributed by atoms with van der Waals surface area (Å²) in [5, 5.41) is 1.65. The highest BCUT2D eigenvalue weighted by Gasteiger charge is 2.49. The van der Waals surface area contributed by atoms with Gasteiger partial charge in [0.15, 0.2) is 0 Å². The topological polar surface area (TPSA) is 0 Å². The van der Waals surface area contributed by atoms with E-state index in [0.29, 0.717) is 4.37 Å². The molecule has 0 saturated carbocycles. The average molecular weight is 291 g/mol. The number of hydrogen-bond donors (Lipinski definition) is 0. The Bertz CT molecular complexity index is 454. The maximum Gasteiger partial charge on any atom is 0.103 e. The van der Waals surface area contributed by atoms with Crippen molar-refractivity contribution in [3.05, 3.63) is 47.2 Å². The second kappa shape index (κ2) is 5.88. The molecule has 0 aromatic heterocycles. The number of thioether (sulfide) groups is 1. The molecule has 0 saturated heterocycles. The Balaban J connectivity index is 2.40. The summed E-state index contributed by atoms with van der Waals surface area (Å²) in [7, 11) is -1.50. The molecule has 0 fully saturated rings. The van der Waals surface area contributed by atoms with E-state index < -0.39 is 8.07 Å². The van der Waals surface area contributed by atoms with Crippen LogP contribution in [-0.2, 0) is 0 Å². The maximum absolute atomic E-state index is 2.56. The van der Waals surface area contributed by atoms with E-state index in [1.54, 1.807) is 10.8 Å². The van der Waals surface area contributed by atoms with Crippen LogP contribution in [0.1, 0.15) is 33.1 Å². The number of rotatable bonds is 5. The highest BCUT2D eigenvalue weighted by Crippen LogP contribution is 2.49. The number of allylic oxidation sites excluding steroid dienone is 7. The Labute approximate surface area is 123 Å². The highest BCUT2D eigenvalue weighted by atomic mass is 32.2. The first-order valence-electron chi connectivity index (χ1n) is 7.39. The molecule has 0 radical (unpaired) electrons. The molecule has 0 spiro atoms. The van der Waals surface area contributed by atoms with Crippen LogP contribution in [0.25, 0.3) is 0 Å². The summed E-state index contributed by atoms with van der Waals surface area (Å²) in [6.45, 7) is 9.77. The lowest BCUT2D eigenvalue weighted by molar-refractivity contribution is 0.861. The molecule has 19 heavy (non-hydrogen) atoms. The first-order valence-corrected chi connectivity index (χ1v) is 11.4. The second-order valence-electron chi connectivity index (χ2n) is 6.08. The minimum Gasteiger partial charge on any atom is -0.153 e. The highest BCUT2D eigenvalue weighted by molar-refractivity contribution is 8.02. The molecule has 1 unspecified atom stereocenters. The lowest BCUT2D eigenvalue weighted by atomic mass is 10.1. The van der Waals surface area contributed by atoms with Gasteiger partial charge in [-0.05, 0) is 31.9 Å². The molecule has 0 aromatic rings. The largest absolute Gasteiger partial charge is 0.153 e. The van der Waals surface area contributed by atoms with Gasteiger partial charge in [-0.1, -0.05) is 67.2 Å². The minimum absolute atomic E-state index is 0.359. The van der Waals surface area contributed by atoms with Crippen molar-refractivity contribution in [2.45, 2.75) is 50.6 Å². The fourth-order valence-corrected chi connectivity index (χ4v) is 9.77. The van der Waals surface area contributed by atoms with Gasteiger partial charge in [0, 0.05) is 4.37 Å². The summed E-state index contributed by atoms with van der Waals surface area (Å²) in [6.07, 6.45) is 17.8. The van der Waals surface area contributed by atoms with Crippen LogP contribution in [-0.4, -0.2) is 18.2 Å². The fraction of sp³-hybridized carbons (Fsp3) is 0.529. The molecule has 0 aliphatic heterocycles. The molecule has 0 N–H and O–H groups in total. The Morgan fingerprint density at radius 1 is 1.32 bits per heavy atom. The molecule has 0 amide bonds. The molecule has 2 aliphatic carbocycles. The first-order chi connectivity index (χ1) is 9.04. The van der Waals surface area contributed by atoms with Crippen LogP contribution in [0, 0.1) is 0 Å². The molecular formula is C17H26SSi. The van der Waals surface area contributed by atoms with Gasteiger partial charge < -0.3 is 0 Å². The third-order valence-corrected chi connectivity index (χ3v) is 12.6. The van der Waals surface area contributed by atoms with E-state index in [1.165, 1.54) is 18.6 Å². The van der Waals surface area contributed by atoms with Crippen molar-refractivity contribution in [2.24, 2.45) is 0 Å². The lowest BCUT2D eigenvalue weighted by Gasteiger charge is -2.47. The van der Waals surface area contributed by atoms with Crippen LogP contribution < -0.4 is 0 Å². The Morgan fingerprint density at radius 2 is 2.11 bits per heavy atom. The van der Waals surface area contributed by atoms with Crippen molar-refractivity contribution in [1.29, 1.82) is 0 Å². The molecular weight excluding hydrogens is 264 g/mol. The zero-order valence-corrected chi connectivity index (χ0v) is 14.5. The zero-order chi connectivity index (χ0) is 13.9. The van der Waals surface area contributed by atoms with E-state index >= 15 is 0 Å². The van der Waals surface area contributed by atoms with Crippen molar-refractivity contribution in [2.75, 3.05) is 5.75 Å². The molecule has 1 atom stereocenters. The van der Waals surface area contributed by atoms with Crippen LogP contribution >= 0.6 is 11.8 Å². The first kappa shape index (κ1) is 14.9. The van der Waals surface area contributed by atoms with Gasteiger partial charge in [-0.25, -0.2) is 0 Å². The minimum atomic E-state index is -1.50. The SMILES string of the molecule is CCCSC1([Si](C)(C)C2=CCC=C2)CC=CC=C1C. The van der Waals surface area contributed by atoms with E-state index in [4.69, 9.17) is 0 Å². The Hall–Kier alpha value is -0.473. The summed E-state index contributed by atoms with van der Waals surface area (Å²) < 4.78 is 0.359. The third-order valence-electron chi connectivity index (χ3n) is 4.58. The van der Waals surface area contributed by atoms with Gasteiger partial charge in [0.05, 0.1) is 0 Å². The molecule has 0 nitrogen and oxygen atoms in total. The van der Waals surface area contributed by atoms with Gasteiger partial charge in [-0.2, -0.15) is 11.8 Å². The van der Waals surface area contributed by atoms with Crippen molar-refractivity contribution in [1.82, 2.24) is 0 Å². The van der Waals surface area contributed by atoms with E-state index in [-0.39, 0.29) is 0 Å². The monoisotopic (exact) mass is 290 g/mol. The fourth-order valence-electron chi connectivity index (χ4n) is 3.27. The summed E-state index contributed by atoms with van der Waals surface area (Å²) in [6, 6.07) is 0. The molecule has 0 aromatic carbocycles. The summed E-state index contributed by atoms with van der Waals surface area (Å²) in [4.78, 5) is 0. The Kier molecular flexibility index (Phi) is 4.62. The van der Waals surface area contributed by atoms with Crippen LogP contribution in [0.2, 0.25) is 13.1 Å². The molecule has 0 bridgehead atoms. The standard InChI is InChI=1S/C17H26SSi/c1-5-14-18-17(13-9-8-10-15(17)2)19(3,4)16-11-6-7-12-16/h6,8-12H,5,7,13-14H2,1-4H3. The third kappa shape index (κ3) is 2.57.